The summed E-state index contributed by atoms with van der Waals surface area (Å²) in [5.41, 5.74) is 3.81. The van der Waals surface area contributed by atoms with E-state index in [-0.39, 0.29) is 0 Å². The molecule has 0 amide bonds. The van der Waals surface area contributed by atoms with Crippen LogP contribution in [-0.2, 0) is 0 Å². The van der Waals surface area contributed by atoms with Crippen molar-refractivity contribution in [2.75, 3.05) is 0 Å². The van der Waals surface area contributed by atoms with Crippen molar-refractivity contribution >= 4 is 34.2 Å². The molecule has 0 unspecified atom stereocenters. The average molecular weight is 340 g/mol. The zero-order chi connectivity index (χ0) is 15.8. The zero-order valence-electron chi connectivity index (χ0n) is 11.9. The van der Waals surface area contributed by atoms with Gasteiger partial charge in [-0.25, -0.2) is 9.97 Å². The SMILES string of the molecule is Clc1ccc(-n2cc(-c3ccccc3)c3c(Cl)ncnc32)cc1. The van der Waals surface area contributed by atoms with Crippen LogP contribution in [0.4, 0.5) is 0 Å². The topological polar surface area (TPSA) is 30.7 Å². The predicted octanol–water partition coefficient (Wildman–Crippen LogP) is 5.39. The lowest BCUT2D eigenvalue weighted by molar-refractivity contribution is 1.08. The predicted molar refractivity (Wildman–Crippen MR) is 94.3 cm³/mol. The number of hydrogen-bond donors (Lipinski definition) is 0. The molecule has 4 rings (SSSR count). The van der Waals surface area contributed by atoms with Crippen LogP contribution in [0.3, 0.4) is 0 Å². The first-order valence-electron chi connectivity index (χ1n) is 7.07. The summed E-state index contributed by atoms with van der Waals surface area (Å²) in [7, 11) is 0. The van der Waals surface area contributed by atoms with Crippen LogP contribution < -0.4 is 0 Å². The Hall–Kier alpha value is -2.36. The van der Waals surface area contributed by atoms with Crippen molar-refractivity contribution in [3.05, 3.63) is 77.3 Å². The second kappa shape index (κ2) is 5.69. The highest BCUT2D eigenvalue weighted by Crippen LogP contribution is 2.34. The Balaban J connectivity index is 2.03. The van der Waals surface area contributed by atoms with Crippen LogP contribution in [0, 0.1) is 0 Å². The largest absolute Gasteiger partial charge is 0.301 e. The van der Waals surface area contributed by atoms with E-state index in [0.717, 1.165) is 27.8 Å². The first-order valence-corrected chi connectivity index (χ1v) is 7.82. The summed E-state index contributed by atoms with van der Waals surface area (Å²) in [4.78, 5) is 8.56. The highest BCUT2D eigenvalue weighted by atomic mass is 35.5. The lowest BCUT2D eigenvalue weighted by atomic mass is 10.1. The Morgan fingerprint density at radius 3 is 2.30 bits per heavy atom. The van der Waals surface area contributed by atoms with Gasteiger partial charge < -0.3 is 4.57 Å². The van der Waals surface area contributed by atoms with Crippen LogP contribution in [-0.4, -0.2) is 14.5 Å². The molecule has 0 aliphatic rings. The summed E-state index contributed by atoms with van der Waals surface area (Å²) in [6.07, 6.45) is 3.51. The third-order valence-corrected chi connectivity index (χ3v) is 4.26. The lowest BCUT2D eigenvalue weighted by Crippen LogP contribution is -1.93. The minimum Gasteiger partial charge on any atom is -0.301 e. The first-order chi connectivity index (χ1) is 11.2. The fourth-order valence-electron chi connectivity index (χ4n) is 2.66. The Labute approximate surface area is 143 Å². The number of aromatic nitrogens is 3. The fourth-order valence-corrected chi connectivity index (χ4v) is 3.02. The summed E-state index contributed by atoms with van der Waals surface area (Å²) >= 11 is 12.3. The first kappa shape index (κ1) is 14.2. The van der Waals surface area contributed by atoms with Crippen LogP contribution in [0.25, 0.3) is 27.8 Å². The third kappa shape index (κ3) is 2.48. The van der Waals surface area contributed by atoms with E-state index in [0.29, 0.717) is 10.2 Å². The van der Waals surface area contributed by atoms with Gasteiger partial charge >= 0.3 is 0 Å². The van der Waals surface area contributed by atoms with Crippen molar-refractivity contribution in [3.8, 4) is 16.8 Å². The number of nitrogens with zero attached hydrogens (tertiary/aromatic N) is 3. The Morgan fingerprint density at radius 1 is 0.826 bits per heavy atom. The molecule has 2 aromatic carbocycles. The lowest BCUT2D eigenvalue weighted by Gasteiger charge is -2.04. The number of rotatable bonds is 2. The van der Waals surface area contributed by atoms with E-state index in [4.69, 9.17) is 23.2 Å². The van der Waals surface area contributed by atoms with Crippen molar-refractivity contribution in [1.29, 1.82) is 0 Å². The van der Waals surface area contributed by atoms with Crippen LogP contribution >= 0.6 is 23.2 Å². The molecule has 5 heteroatoms. The van der Waals surface area contributed by atoms with Crippen LogP contribution in [0.15, 0.2) is 67.1 Å². The van der Waals surface area contributed by atoms with Gasteiger partial charge in [0.1, 0.15) is 17.1 Å². The van der Waals surface area contributed by atoms with Crippen molar-refractivity contribution < 1.29 is 0 Å². The van der Waals surface area contributed by atoms with Gasteiger partial charge in [0.05, 0.1) is 5.39 Å². The average Bonchev–Trinajstić information content (AvgIpc) is 2.97. The molecule has 4 aromatic rings. The standard InChI is InChI=1S/C18H11Cl2N3/c19-13-6-8-14(9-7-13)23-10-15(12-4-2-1-3-5-12)16-17(20)21-11-22-18(16)23/h1-11H. The van der Waals surface area contributed by atoms with Gasteiger partial charge in [0.25, 0.3) is 0 Å². The van der Waals surface area contributed by atoms with Gasteiger partial charge in [0, 0.05) is 22.5 Å². The molecule has 0 radical (unpaired) electrons. The van der Waals surface area contributed by atoms with Crippen LogP contribution in [0.2, 0.25) is 10.2 Å². The number of halogens is 2. The van der Waals surface area contributed by atoms with Crippen molar-refractivity contribution in [1.82, 2.24) is 14.5 Å². The van der Waals surface area contributed by atoms with Gasteiger partial charge in [-0.3, -0.25) is 0 Å². The smallest absolute Gasteiger partial charge is 0.150 e. The quantitative estimate of drug-likeness (QED) is 0.458. The maximum absolute atomic E-state index is 6.35. The molecule has 0 aliphatic heterocycles. The van der Waals surface area contributed by atoms with Crippen molar-refractivity contribution in [3.63, 3.8) is 0 Å². The molecule has 0 spiro atoms. The maximum atomic E-state index is 6.35. The highest BCUT2D eigenvalue weighted by Gasteiger charge is 2.16. The fraction of sp³-hybridized carbons (Fsp3) is 0. The summed E-state index contributed by atoms with van der Waals surface area (Å²) < 4.78 is 2.00. The molecule has 112 valence electrons. The van der Waals surface area contributed by atoms with Crippen molar-refractivity contribution in [2.45, 2.75) is 0 Å². The molecule has 0 saturated heterocycles. The van der Waals surface area contributed by atoms with Gasteiger partial charge in [-0.15, -0.1) is 0 Å². The molecule has 0 saturated carbocycles. The molecule has 2 aromatic heterocycles. The highest BCUT2D eigenvalue weighted by molar-refractivity contribution is 6.35. The Bertz CT molecular complexity index is 977. The summed E-state index contributed by atoms with van der Waals surface area (Å²) in [6.45, 7) is 0. The second-order valence-corrected chi connectivity index (χ2v) is 5.91. The van der Waals surface area contributed by atoms with E-state index in [1.165, 1.54) is 6.33 Å². The zero-order valence-corrected chi connectivity index (χ0v) is 13.5. The van der Waals surface area contributed by atoms with Gasteiger partial charge in [-0.05, 0) is 29.8 Å². The molecule has 0 N–H and O–H groups in total. The van der Waals surface area contributed by atoms with Gasteiger partial charge in [0.15, 0.2) is 0 Å². The monoisotopic (exact) mass is 339 g/mol. The van der Waals surface area contributed by atoms with E-state index >= 15 is 0 Å². The summed E-state index contributed by atoms with van der Waals surface area (Å²) in [5, 5.41) is 1.98. The van der Waals surface area contributed by atoms with E-state index in [2.05, 4.69) is 9.97 Å². The van der Waals surface area contributed by atoms with Crippen LogP contribution in [0.1, 0.15) is 0 Å². The van der Waals surface area contributed by atoms with Gasteiger partial charge in [-0.2, -0.15) is 0 Å². The minimum absolute atomic E-state index is 0.446. The molecule has 0 fully saturated rings. The van der Waals surface area contributed by atoms with Crippen molar-refractivity contribution in [2.24, 2.45) is 0 Å². The molecule has 23 heavy (non-hydrogen) atoms. The Kier molecular flexibility index (Phi) is 3.52. The number of benzene rings is 2. The Morgan fingerprint density at radius 2 is 1.57 bits per heavy atom. The second-order valence-electron chi connectivity index (χ2n) is 5.12. The molecule has 3 nitrogen and oxygen atoms in total. The normalized spacial score (nSPS) is 11.0. The minimum atomic E-state index is 0.446. The number of fused-ring (bicyclic) bond motifs is 1. The summed E-state index contributed by atoms with van der Waals surface area (Å²) in [6, 6.07) is 17.7. The molecular formula is C18H11Cl2N3. The van der Waals surface area contributed by atoms with Gasteiger partial charge in [-0.1, -0.05) is 53.5 Å². The third-order valence-electron chi connectivity index (χ3n) is 3.73. The van der Waals surface area contributed by atoms with E-state index in [9.17, 15) is 0 Å². The molecular weight excluding hydrogens is 329 g/mol. The van der Waals surface area contributed by atoms with Crippen LogP contribution in [0.5, 0.6) is 0 Å². The molecule has 0 aliphatic carbocycles. The number of hydrogen-bond acceptors (Lipinski definition) is 2. The summed E-state index contributed by atoms with van der Waals surface area (Å²) in [5.74, 6) is 0. The van der Waals surface area contributed by atoms with E-state index < -0.39 is 0 Å². The van der Waals surface area contributed by atoms with Gasteiger partial charge in [0.2, 0.25) is 0 Å². The van der Waals surface area contributed by atoms with E-state index in [1.54, 1.807) is 0 Å². The molecule has 0 bridgehead atoms. The molecule has 2 heterocycles. The maximum Gasteiger partial charge on any atom is 0.150 e. The van der Waals surface area contributed by atoms with E-state index in [1.807, 2.05) is 65.4 Å². The molecule has 0 atom stereocenters.